The van der Waals surface area contributed by atoms with Gasteiger partial charge in [-0.25, -0.2) is 14.4 Å². The molecule has 0 unspecified atom stereocenters. The van der Waals surface area contributed by atoms with E-state index in [1.54, 1.807) is 22.2 Å². The van der Waals surface area contributed by atoms with Gasteiger partial charge in [-0.3, -0.25) is 14.5 Å². The van der Waals surface area contributed by atoms with Gasteiger partial charge in [-0.2, -0.15) is 0 Å². The Labute approximate surface area is 331 Å². The highest BCUT2D eigenvalue weighted by Crippen LogP contribution is 2.33. The van der Waals surface area contributed by atoms with E-state index < -0.39 is 11.2 Å². The van der Waals surface area contributed by atoms with Gasteiger partial charge in [-0.1, -0.05) is 31.9 Å². The number of benzene rings is 2. The molecule has 0 aliphatic carbocycles. The second-order valence-electron chi connectivity index (χ2n) is 15.8. The number of nitrogen functional groups attached to an aromatic ring is 1. The highest BCUT2D eigenvalue weighted by molar-refractivity contribution is 9.10. The summed E-state index contributed by atoms with van der Waals surface area (Å²) in [6.07, 6.45) is 5.94. The summed E-state index contributed by atoms with van der Waals surface area (Å²) in [4.78, 5) is 52.5. The smallest absolute Gasteiger partial charge is 0.410 e. The van der Waals surface area contributed by atoms with E-state index in [-0.39, 0.29) is 30.0 Å². The molecule has 2 saturated heterocycles. The van der Waals surface area contributed by atoms with Gasteiger partial charge in [0.2, 0.25) is 0 Å². The third-order valence-electron chi connectivity index (χ3n) is 9.34. The van der Waals surface area contributed by atoms with Gasteiger partial charge in [0, 0.05) is 58.0 Å². The van der Waals surface area contributed by atoms with Crippen LogP contribution in [0.15, 0.2) is 62.5 Å². The Hall–Kier alpha value is -4.37. The van der Waals surface area contributed by atoms with Crippen LogP contribution in [0.3, 0.4) is 0 Å². The van der Waals surface area contributed by atoms with Crippen LogP contribution in [0.2, 0.25) is 0 Å². The number of pyridine rings is 2. The Morgan fingerprint density at radius 1 is 0.796 bits per heavy atom. The highest BCUT2D eigenvalue weighted by atomic mass is 79.9. The number of aromatic amines is 1. The summed E-state index contributed by atoms with van der Waals surface area (Å²) in [5, 5.41) is 5.49. The minimum Gasteiger partial charge on any atom is -0.444 e. The lowest BCUT2D eigenvalue weighted by molar-refractivity contribution is 0.0184. The fourth-order valence-electron chi connectivity index (χ4n) is 6.84. The molecule has 0 saturated carbocycles. The predicted molar refractivity (Wildman–Crippen MR) is 220 cm³/mol. The van der Waals surface area contributed by atoms with Crippen molar-refractivity contribution in [3.63, 3.8) is 0 Å². The third kappa shape index (κ3) is 9.28. The number of hydrogen-bond acceptors (Lipinski definition) is 9. The Morgan fingerprint density at radius 3 is 1.85 bits per heavy atom. The van der Waals surface area contributed by atoms with Crippen molar-refractivity contribution in [3.05, 3.63) is 68.2 Å². The molecule has 4 N–H and O–H groups in total. The zero-order valence-electron chi connectivity index (χ0n) is 31.5. The number of carbonyl (C=O) groups excluding carboxylic acids is 2. The third-order valence-corrected chi connectivity index (χ3v) is 10.3. The lowest BCUT2D eigenvalue weighted by Gasteiger charge is -2.34. The van der Waals surface area contributed by atoms with Crippen LogP contribution in [0.5, 0.6) is 0 Å². The molecule has 2 fully saturated rings. The summed E-state index contributed by atoms with van der Waals surface area (Å²) in [6, 6.07) is 12.1. The van der Waals surface area contributed by atoms with E-state index in [1.165, 1.54) is 0 Å². The van der Waals surface area contributed by atoms with Crippen molar-refractivity contribution in [2.75, 3.05) is 37.2 Å². The number of amides is 2. The van der Waals surface area contributed by atoms with Gasteiger partial charge in [-0.15, -0.1) is 0 Å². The molecular formula is C39H48Br2N8O5. The maximum absolute atomic E-state index is 12.7. The molecule has 13 nitrogen and oxygen atoms in total. The minimum atomic E-state index is -0.513. The number of H-pyrrole nitrogens is 1. The largest absolute Gasteiger partial charge is 0.444 e. The van der Waals surface area contributed by atoms with E-state index in [4.69, 9.17) is 15.2 Å². The zero-order chi connectivity index (χ0) is 38.9. The van der Waals surface area contributed by atoms with E-state index in [2.05, 4.69) is 52.1 Å². The number of aromatic nitrogens is 4. The molecule has 0 radical (unpaired) electrons. The number of likely N-dealkylation sites (tertiary alicyclic amines) is 2. The molecule has 15 heteroatoms. The topological polar surface area (TPSA) is 161 Å². The Balaban J connectivity index is 0.000000185. The zero-order valence-corrected chi connectivity index (χ0v) is 34.7. The predicted octanol–water partition coefficient (Wildman–Crippen LogP) is 8.60. The number of hydrogen-bond donors (Lipinski definition) is 3. The summed E-state index contributed by atoms with van der Waals surface area (Å²) in [5.74, 6) is 0. The van der Waals surface area contributed by atoms with E-state index in [0.29, 0.717) is 44.7 Å². The maximum atomic E-state index is 12.7. The van der Waals surface area contributed by atoms with Gasteiger partial charge in [-0.05, 0) is 104 Å². The molecule has 0 bridgehead atoms. The molecule has 5 heterocycles. The maximum Gasteiger partial charge on any atom is 0.410 e. The lowest BCUT2D eigenvalue weighted by Crippen LogP contribution is -2.44. The van der Waals surface area contributed by atoms with Crippen LogP contribution in [0.25, 0.3) is 32.8 Å². The number of nitrogens with two attached hydrogens (primary N) is 1. The first kappa shape index (κ1) is 39.3. The number of rotatable bonds is 3. The average molecular weight is 869 g/mol. The number of ether oxygens (including phenoxy) is 2. The number of nitrogens with one attached hydrogen (secondary N) is 2. The van der Waals surface area contributed by atoms with Crippen molar-refractivity contribution < 1.29 is 19.1 Å². The van der Waals surface area contributed by atoms with Crippen molar-refractivity contribution in [1.29, 1.82) is 0 Å². The number of carbonyl (C=O) groups is 2. The van der Waals surface area contributed by atoms with Crippen LogP contribution < -0.4 is 16.7 Å². The molecule has 0 atom stereocenters. The van der Waals surface area contributed by atoms with Crippen LogP contribution in [0, 0.1) is 0 Å². The molecule has 5 aromatic rings. The molecule has 2 aliphatic rings. The number of piperidine rings is 2. The Morgan fingerprint density at radius 2 is 1.30 bits per heavy atom. The highest BCUT2D eigenvalue weighted by Gasteiger charge is 2.30. The van der Waals surface area contributed by atoms with Gasteiger partial charge < -0.3 is 35.3 Å². The molecule has 54 heavy (non-hydrogen) atoms. The standard InChI is InChI=1S/C20H23BrN4O3.C19H25BrN4O2/c1-20(2,3)28-19(27)24-8-6-13(7-9-24)25-17-14-10-12(21)4-5-15(14)22-11-16(17)23-18(25)26;1-19(2,3)26-18(25)24-8-6-13(7-9-24)23-17-14-10-12(20)4-5-16(14)22-11-15(17)21/h4-5,10-11,13H,6-9H2,1-3H3,(H,23,26);4-5,10-11,13H,6-9,21H2,1-3H3,(H,22,23). The van der Waals surface area contributed by atoms with Crippen molar-refractivity contribution in [3.8, 4) is 0 Å². The molecule has 2 aromatic carbocycles. The van der Waals surface area contributed by atoms with Crippen molar-refractivity contribution in [2.45, 2.75) is 90.5 Å². The first-order valence-corrected chi connectivity index (χ1v) is 19.8. The van der Waals surface area contributed by atoms with Crippen LogP contribution >= 0.6 is 31.9 Å². The first-order chi connectivity index (χ1) is 25.5. The summed E-state index contributed by atoms with van der Waals surface area (Å²) >= 11 is 7.02. The first-order valence-electron chi connectivity index (χ1n) is 18.2. The molecule has 288 valence electrons. The normalized spacial score (nSPS) is 16.0. The van der Waals surface area contributed by atoms with Gasteiger partial charge in [0.25, 0.3) is 0 Å². The number of halogens is 2. The van der Waals surface area contributed by atoms with Crippen LogP contribution in [-0.4, -0.2) is 84.9 Å². The van der Waals surface area contributed by atoms with E-state index in [1.807, 2.05) is 82.5 Å². The molecular weight excluding hydrogens is 820 g/mol. The van der Waals surface area contributed by atoms with E-state index in [0.717, 1.165) is 60.3 Å². The number of fused-ring (bicyclic) bond motifs is 4. The Kier molecular flexibility index (Phi) is 11.5. The summed E-state index contributed by atoms with van der Waals surface area (Å²) in [6.45, 7) is 13.7. The fourth-order valence-corrected chi connectivity index (χ4v) is 7.56. The number of anilines is 2. The van der Waals surface area contributed by atoms with E-state index in [9.17, 15) is 14.4 Å². The summed E-state index contributed by atoms with van der Waals surface area (Å²) in [7, 11) is 0. The monoisotopic (exact) mass is 866 g/mol. The van der Waals surface area contributed by atoms with E-state index >= 15 is 0 Å². The van der Waals surface area contributed by atoms with Gasteiger partial charge in [0.15, 0.2) is 0 Å². The van der Waals surface area contributed by atoms with Crippen LogP contribution in [0.4, 0.5) is 21.0 Å². The number of nitrogens with zero attached hydrogens (tertiary/aromatic N) is 5. The molecule has 0 spiro atoms. The van der Waals surface area contributed by atoms with Crippen molar-refractivity contribution in [2.24, 2.45) is 0 Å². The van der Waals surface area contributed by atoms with Crippen molar-refractivity contribution in [1.82, 2.24) is 29.3 Å². The quantitative estimate of drug-likeness (QED) is 0.161. The van der Waals surface area contributed by atoms with Gasteiger partial charge in [0.05, 0.1) is 45.8 Å². The van der Waals surface area contributed by atoms with Gasteiger partial charge >= 0.3 is 17.9 Å². The second kappa shape index (κ2) is 15.8. The number of imidazole rings is 1. The average Bonchev–Trinajstić information content (AvgIpc) is 3.45. The summed E-state index contributed by atoms with van der Waals surface area (Å²) in [5.41, 5.74) is 9.93. The summed E-state index contributed by atoms with van der Waals surface area (Å²) < 4.78 is 14.7. The molecule has 2 aliphatic heterocycles. The molecule has 2 amide bonds. The lowest BCUT2D eigenvalue weighted by atomic mass is 10.0. The fraction of sp³-hybridized carbons (Fsp3) is 0.462. The minimum absolute atomic E-state index is 0.0181. The van der Waals surface area contributed by atoms with Gasteiger partial charge in [0.1, 0.15) is 11.2 Å². The Bertz CT molecular complexity index is 2220. The van der Waals surface area contributed by atoms with Crippen LogP contribution in [0.1, 0.15) is 73.3 Å². The second-order valence-corrected chi connectivity index (χ2v) is 17.6. The van der Waals surface area contributed by atoms with Crippen LogP contribution in [-0.2, 0) is 9.47 Å². The molecule has 7 rings (SSSR count). The SMILES string of the molecule is CC(C)(C)OC(=O)N1CCC(Nc2c(N)cnc3ccc(Br)cc23)CC1.CC(C)(C)OC(=O)N1CCC(n2c(=O)[nH]c3cnc4ccc(Br)cc4c32)CC1. The van der Waals surface area contributed by atoms with Crippen molar-refractivity contribution >= 4 is 88.3 Å². The molecule has 3 aromatic heterocycles.